The van der Waals surface area contributed by atoms with Crippen LogP contribution in [0.2, 0.25) is 0 Å². The van der Waals surface area contributed by atoms with E-state index in [4.69, 9.17) is 0 Å². The van der Waals surface area contributed by atoms with Crippen LogP contribution in [-0.2, 0) is 11.3 Å². The molecule has 1 aromatic heterocycles. The summed E-state index contributed by atoms with van der Waals surface area (Å²) in [5.74, 6) is 0.174. The number of hydrogen-bond acceptors (Lipinski definition) is 4. The highest BCUT2D eigenvalue weighted by Gasteiger charge is 2.21. The number of rotatable bonds is 5. The Balaban J connectivity index is 1.85. The number of halogens is 1. The quantitative estimate of drug-likeness (QED) is 0.876. The van der Waals surface area contributed by atoms with Crippen molar-refractivity contribution in [1.29, 1.82) is 0 Å². The molecule has 0 bridgehead atoms. The van der Waals surface area contributed by atoms with Gasteiger partial charge in [0, 0.05) is 24.5 Å². The van der Waals surface area contributed by atoms with Crippen molar-refractivity contribution in [3.63, 3.8) is 0 Å². The number of thiophene rings is 1. The van der Waals surface area contributed by atoms with Crippen LogP contribution >= 0.6 is 27.3 Å². The van der Waals surface area contributed by atoms with Gasteiger partial charge in [0.1, 0.15) is 0 Å². The van der Waals surface area contributed by atoms with Gasteiger partial charge in [-0.2, -0.15) is 0 Å². The third-order valence-corrected chi connectivity index (χ3v) is 5.23. The third-order valence-electron chi connectivity index (χ3n) is 3.63. The summed E-state index contributed by atoms with van der Waals surface area (Å²) in [7, 11) is 0. The highest BCUT2D eigenvalue weighted by molar-refractivity contribution is 9.11. The molecule has 0 atom stereocenters. The molecule has 0 spiro atoms. The van der Waals surface area contributed by atoms with Gasteiger partial charge in [-0.05, 0) is 47.8 Å². The number of likely N-dealkylation sites (N-methyl/N-ethyl adjacent to an activating group) is 1. The molecule has 4 nitrogen and oxygen atoms in total. The Labute approximate surface area is 132 Å². The van der Waals surface area contributed by atoms with Crippen LogP contribution in [0.25, 0.3) is 0 Å². The molecule has 2 rings (SSSR count). The summed E-state index contributed by atoms with van der Waals surface area (Å²) in [5.41, 5.74) is 0. The lowest BCUT2D eigenvalue weighted by atomic mass is 10.1. The van der Waals surface area contributed by atoms with E-state index in [9.17, 15) is 9.90 Å². The molecule has 1 fully saturated rings. The number of aliphatic hydroxyl groups is 1. The summed E-state index contributed by atoms with van der Waals surface area (Å²) >= 11 is 5.12. The van der Waals surface area contributed by atoms with E-state index >= 15 is 0 Å². The average Bonchev–Trinajstić information content (AvgIpc) is 2.84. The van der Waals surface area contributed by atoms with Crippen LogP contribution in [0.1, 0.15) is 24.6 Å². The molecule has 2 heterocycles. The predicted octanol–water partition coefficient (Wildman–Crippen LogP) is 2.32. The highest BCUT2D eigenvalue weighted by atomic mass is 79.9. The second-order valence-electron chi connectivity index (χ2n) is 5.12. The minimum Gasteiger partial charge on any atom is -0.393 e. The van der Waals surface area contributed by atoms with Crippen LogP contribution in [0.3, 0.4) is 0 Å². The van der Waals surface area contributed by atoms with Crippen molar-refractivity contribution in [2.75, 3.05) is 26.2 Å². The van der Waals surface area contributed by atoms with E-state index in [0.717, 1.165) is 36.3 Å². The smallest absolute Gasteiger partial charge is 0.237 e. The largest absolute Gasteiger partial charge is 0.393 e. The van der Waals surface area contributed by atoms with Gasteiger partial charge in [-0.25, -0.2) is 0 Å². The van der Waals surface area contributed by atoms with Gasteiger partial charge in [-0.15, -0.1) is 11.3 Å². The van der Waals surface area contributed by atoms with E-state index in [2.05, 4.69) is 26.9 Å². The summed E-state index contributed by atoms with van der Waals surface area (Å²) in [4.78, 5) is 17.6. The molecule has 1 aliphatic rings. The Bertz CT molecular complexity index is 444. The van der Waals surface area contributed by atoms with E-state index in [0.29, 0.717) is 13.1 Å². The van der Waals surface area contributed by atoms with Crippen molar-refractivity contribution in [2.24, 2.45) is 0 Å². The van der Waals surface area contributed by atoms with Crippen LogP contribution < -0.4 is 0 Å². The Morgan fingerprint density at radius 3 is 2.75 bits per heavy atom. The molecule has 0 radical (unpaired) electrons. The zero-order chi connectivity index (χ0) is 14.5. The van der Waals surface area contributed by atoms with Crippen molar-refractivity contribution < 1.29 is 9.90 Å². The first-order chi connectivity index (χ1) is 9.58. The van der Waals surface area contributed by atoms with Crippen molar-refractivity contribution in [2.45, 2.75) is 32.4 Å². The minimum absolute atomic E-state index is 0.174. The summed E-state index contributed by atoms with van der Waals surface area (Å²) in [6.45, 7) is 5.52. The highest BCUT2D eigenvalue weighted by Crippen LogP contribution is 2.23. The van der Waals surface area contributed by atoms with Gasteiger partial charge in [-0.3, -0.25) is 9.69 Å². The fraction of sp³-hybridized carbons (Fsp3) is 0.643. The zero-order valence-corrected chi connectivity index (χ0v) is 14.1. The normalized spacial score (nSPS) is 17.4. The zero-order valence-electron chi connectivity index (χ0n) is 11.7. The molecule has 0 saturated carbocycles. The Hall–Kier alpha value is -0.430. The molecular weight excluding hydrogens is 340 g/mol. The lowest BCUT2D eigenvalue weighted by Gasteiger charge is -2.31. The van der Waals surface area contributed by atoms with Gasteiger partial charge in [0.25, 0.3) is 0 Å². The SMILES string of the molecule is CCN(Cc1ccc(Br)s1)C(=O)CN1CCC(O)CC1. The second-order valence-corrected chi connectivity index (χ2v) is 7.67. The number of hydrogen-bond donors (Lipinski definition) is 1. The lowest BCUT2D eigenvalue weighted by Crippen LogP contribution is -2.44. The van der Waals surface area contributed by atoms with Crippen LogP contribution in [0, 0.1) is 0 Å². The molecule has 1 saturated heterocycles. The van der Waals surface area contributed by atoms with E-state index in [1.54, 1.807) is 11.3 Å². The number of aliphatic hydroxyl groups excluding tert-OH is 1. The van der Waals surface area contributed by atoms with Crippen molar-refractivity contribution in [3.05, 3.63) is 20.8 Å². The molecular formula is C14H21BrN2O2S. The molecule has 0 unspecified atom stereocenters. The molecule has 1 N–H and O–H groups in total. The number of carbonyl (C=O) groups is 1. The Morgan fingerprint density at radius 1 is 1.50 bits per heavy atom. The third kappa shape index (κ3) is 4.55. The number of likely N-dealkylation sites (tertiary alicyclic amines) is 1. The van der Waals surface area contributed by atoms with Gasteiger partial charge >= 0.3 is 0 Å². The molecule has 20 heavy (non-hydrogen) atoms. The Morgan fingerprint density at radius 2 is 2.20 bits per heavy atom. The summed E-state index contributed by atoms with van der Waals surface area (Å²) in [6, 6.07) is 4.08. The lowest BCUT2D eigenvalue weighted by molar-refractivity contribution is -0.133. The second kappa shape index (κ2) is 7.54. The molecule has 0 aliphatic carbocycles. The fourth-order valence-corrected chi connectivity index (χ4v) is 3.87. The molecule has 1 aromatic rings. The van der Waals surface area contributed by atoms with Crippen molar-refractivity contribution in [3.8, 4) is 0 Å². The monoisotopic (exact) mass is 360 g/mol. The van der Waals surface area contributed by atoms with Crippen LogP contribution in [0.15, 0.2) is 15.9 Å². The van der Waals surface area contributed by atoms with E-state index < -0.39 is 0 Å². The first-order valence-electron chi connectivity index (χ1n) is 7.01. The molecule has 0 aromatic carbocycles. The maximum absolute atomic E-state index is 12.3. The first kappa shape index (κ1) is 15.9. The molecule has 1 aliphatic heterocycles. The Kier molecular flexibility index (Phi) is 6.01. The maximum Gasteiger partial charge on any atom is 0.237 e. The number of nitrogens with zero attached hydrogens (tertiary/aromatic N) is 2. The van der Waals surface area contributed by atoms with Crippen molar-refractivity contribution in [1.82, 2.24) is 9.80 Å². The standard InChI is InChI=1S/C14H21BrN2O2S/c1-2-17(9-12-3-4-13(15)20-12)14(19)10-16-7-5-11(18)6-8-16/h3-4,11,18H,2,5-10H2,1H3. The van der Waals surface area contributed by atoms with Crippen molar-refractivity contribution >= 4 is 33.2 Å². The molecule has 6 heteroatoms. The topological polar surface area (TPSA) is 43.8 Å². The van der Waals surface area contributed by atoms with E-state index in [1.807, 2.05) is 17.9 Å². The molecule has 1 amide bonds. The van der Waals surface area contributed by atoms with Crippen LogP contribution in [0.4, 0.5) is 0 Å². The minimum atomic E-state index is -0.188. The van der Waals surface area contributed by atoms with Gasteiger partial charge < -0.3 is 10.0 Å². The number of carbonyl (C=O) groups excluding carboxylic acids is 1. The van der Waals surface area contributed by atoms with Gasteiger partial charge in [0.15, 0.2) is 0 Å². The van der Waals surface area contributed by atoms with Crippen LogP contribution in [0.5, 0.6) is 0 Å². The van der Waals surface area contributed by atoms with Gasteiger partial charge in [-0.1, -0.05) is 0 Å². The number of piperidine rings is 1. The average molecular weight is 361 g/mol. The maximum atomic E-state index is 12.3. The number of amides is 1. The van der Waals surface area contributed by atoms with Crippen LogP contribution in [-0.4, -0.2) is 53.1 Å². The summed E-state index contributed by atoms with van der Waals surface area (Å²) in [5, 5.41) is 9.49. The van der Waals surface area contributed by atoms with E-state index in [-0.39, 0.29) is 12.0 Å². The van der Waals surface area contributed by atoms with E-state index in [1.165, 1.54) is 4.88 Å². The molecule has 112 valence electrons. The fourth-order valence-electron chi connectivity index (χ4n) is 2.37. The first-order valence-corrected chi connectivity index (χ1v) is 8.62. The predicted molar refractivity (Wildman–Crippen MR) is 84.8 cm³/mol. The van der Waals surface area contributed by atoms with Gasteiger partial charge in [0.2, 0.25) is 5.91 Å². The summed E-state index contributed by atoms with van der Waals surface area (Å²) < 4.78 is 1.10. The van der Waals surface area contributed by atoms with Gasteiger partial charge in [0.05, 0.1) is 23.0 Å². The summed E-state index contributed by atoms with van der Waals surface area (Å²) in [6.07, 6.45) is 1.36.